The van der Waals surface area contributed by atoms with Crippen LogP contribution in [0, 0.1) is 5.92 Å². The minimum atomic E-state index is -3.80. The summed E-state index contributed by atoms with van der Waals surface area (Å²) in [5.41, 5.74) is 0.353. The van der Waals surface area contributed by atoms with Crippen LogP contribution in [0.25, 0.3) is 0 Å². The molecule has 104 valence electrons. The number of rotatable bonds is 3. The summed E-state index contributed by atoms with van der Waals surface area (Å²) in [6.45, 7) is 0.953. The van der Waals surface area contributed by atoms with Gasteiger partial charge in [0.25, 0.3) is 0 Å². The summed E-state index contributed by atoms with van der Waals surface area (Å²) in [4.78, 5) is 11.8. The first-order valence-corrected chi connectivity index (χ1v) is 7.51. The van der Waals surface area contributed by atoms with E-state index in [9.17, 15) is 13.2 Å². The number of halogens is 1. The lowest BCUT2D eigenvalue weighted by Gasteiger charge is -2.11. The van der Waals surface area contributed by atoms with Crippen molar-refractivity contribution in [2.24, 2.45) is 11.1 Å². The van der Waals surface area contributed by atoms with Crippen LogP contribution in [-0.4, -0.2) is 27.5 Å². The van der Waals surface area contributed by atoms with Crippen LogP contribution >= 0.6 is 11.6 Å². The SMILES string of the molecule is NS(=O)(=O)c1ccc(NC(=O)C2CCOC2)c(Cl)c1. The first kappa shape index (κ1) is 14.3. The lowest BCUT2D eigenvalue weighted by Crippen LogP contribution is -2.23. The molecule has 0 saturated carbocycles. The number of carbonyl (C=O) groups excluding carboxylic acids is 1. The van der Waals surface area contributed by atoms with Crippen molar-refractivity contribution in [3.05, 3.63) is 23.2 Å². The van der Waals surface area contributed by atoms with Crippen molar-refractivity contribution < 1.29 is 17.9 Å². The second-order valence-corrected chi connectivity index (χ2v) is 6.21. The molecule has 2 rings (SSSR count). The van der Waals surface area contributed by atoms with Crippen LogP contribution in [0.4, 0.5) is 5.69 Å². The third-order valence-corrected chi connectivity index (χ3v) is 4.05. The topological polar surface area (TPSA) is 98.5 Å². The van der Waals surface area contributed by atoms with Gasteiger partial charge in [-0.1, -0.05) is 11.6 Å². The molecule has 0 aliphatic carbocycles. The number of hydrogen-bond donors (Lipinski definition) is 2. The minimum Gasteiger partial charge on any atom is -0.381 e. The Bertz CT molecular complexity index is 597. The zero-order valence-electron chi connectivity index (χ0n) is 9.93. The Kier molecular flexibility index (Phi) is 4.10. The summed E-state index contributed by atoms with van der Waals surface area (Å²) in [6, 6.07) is 3.91. The molecule has 1 amide bonds. The van der Waals surface area contributed by atoms with E-state index in [0.717, 1.165) is 0 Å². The highest BCUT2D eigenvalue weighted by molar-refractivity contribution is 7.89. The van der Waals surface area contributed by atoms with Crippen molar-refractivity contribution in [3.8, 4) is 0 Å². The van der Waals surface area contributed by atoms with E-state index in [2.05, 4.69) is 5.32 Å². The molecule has 1 saturated heterocycles. The number of amides is 1. The van der Waals surface area contributed by atoms with Gasteiger partial charge < -0.3 is 10.1 Å². The maximum absolute atomic E-state index is 11.9. The molecule has 3 N–H and O–H groups in total. The van der Waals surface area contributed by atoms with Gasteiger partial charge in [0.1, 0.15) is 0 Å². The molecule has 0 spiro atoms. The number of nitrogens with two attached hydrogens (primary N) is 1. The molecule has 1 aromatic rings. The van der Waals surface area contributed by atoms with Crippen LogP contribution in [0.5, 0.6) is 0 Å². The van der Waals surface area contributed by atoms with Gasteiger partial charge in [-0.05, 0) is 24.6 Å². The molecule has 1 heterocycles. The first-order valence-electron chi connectivity index (χ1n) is 5.59. The maximum atomic E-state index is 11.9. The van der Waals surface area contributed by atoms with Crippen LogP contribution in [0.2, 0.25) is 5.02 Å². The molecular formula is C11H13ClN2O4S. The number of carbonyl (C=O) groups is 1. The summed E-state index contributed by atoms with van der Waals surface area (Å²) >= 11 is 5.92. The fraction of sp³-hybridized carbons (Fsp3) is 0.364. The number of anilines is 1. The van der Waals surface area contributed by atoms with Gasteiger partial charge in [0.15, 0.2) is 0 Å². The van der Waals surface area contributed by atoms with Crippen LogP contribution in [-0.2, 0) is 19.6 Å². The largest absolute Gasteiger partial charge is 0.381 e. The molecule has 1 atom stereocenters. The van der Waals surface area contributed by atoms with Crippen LogP contribution in [0.3, 0.4) is 0 Å². The number of ether oxygens (including phenoxy) is 1. The molecule has 6 nitrogen and oxygen atoms in total. The Hall–Kier alpha value is -1.15. The van der Waals surface area contributed by atoms with Gasteiger partial charge in [-0.25, -0.2) is 13.6 Å². The third-order valence-electron chi connectivity index (χ3n) is 2.83. The fourth-order valence-electron chi connectivity index (χ4n) is 1.75. The second kappa shape index (κ2) is 5.46. The summed E-state index contributed by atoms with van der Waals surface area (Å²) in [5.74, 6) is -0.392. The summed E-state index contributed by atoms with van der Waals surface area (Å²) in [5, 5.41) is 7.75. The van der Waals surface area contributed by atoms with Gasteiger partial charge >= 0.3 is 0 Å². The van der Waals surface area contributed by atoms with Gasteiger partial charge in [0.2, 0.25) is 15.9 Å². The van der Waals surface area contributed by atoms with E-state index in [0.29, 0.717) is 25.3 Å². The highest BCUT2D eigenvalue weighted by Gasteiger charge is 2.24. The van der Waals surface area contributed by atoms with Gasteiger partial charge in [-0.15, -0.1) is 0 Å². The first-order chi connectivity index (χ1) is 8.88. The Morgan fingerprint density at radius 1 is 1.47 bits per heavy atom. The average Bonchev–Trinajstić information content (AvgIpc) is 2.84. The number of primary sulfonamides is 1. The highest BCUT2D eigenvalue weighted by Crippen LogP contribution is 2.26. The number of nitrogens with one attached hydrogen (secondary N) is 1. The number of sulfonamides is 1. The maximum Gasteiger partial charge on any atom is 0.238 e. The van der Waals surface area contributed by atoms with Crippen molar-refractivity contribution in [2.75, 3.05) is 18.5 Å². The zero-order valence-corrected chi connectivity index (χ0v) is 11.5. The average molecular weight is 305 g/mol. The van der Waals surface area contributed by atoms with Crippen LogP contribution in [0.15, 0.2) is 23.1 Å². The molecule has 1 aromatic carbocycles. The zero-order chi connectivity index (χ0) is 14.0. The van der Waals surface area contributed by atoms with E-state index in [1.807, 2.05) is 0 Å². The Morgan fingerprint density at radius 2 is 2.21 bits per heavy atom. The Balaban J connectivity index is 2.15. The summed E-state index contributed by atoms with van der Waals surface area (Å²) < 4.78 is 27.4. The van der Waals surface area contributed by atoms with Crippen molar-refractivity contribution in [2.45, 2.75) is 11.3 Å². The van der Waals surface area contributed by atoms with Gasteiger partial charge in [0.05, 0.1) is 28.1 Å². The second-order valence-electron chi connectivity index (χ2n) is 4.24. The molecule has 1 fully saturated rings. The molecule has 19 heavy (non-hydrogen) atoms. The molecule has 0 radical (unpaired) electrons. The fourth-order valence-corrected chi connectivity index (χ4v) is 2.58. The van der Waals surface area contributed by atoms with Gasteiger partial charge in [0, 0.05) is 6.61 Å². The Morgan fingerprint density at radius 3 is 2.74 bits per heavy atom. The van der Waals surface area contributed by atoms with Crippen LogP contribution < -0.4 is 10.5 Å². The van der Waals surface area contributed by atoms with E-state index in [4.69, 9.17) is 21.5 Å². The molecule has 1 aliphatic rings. The van der Waals surface area contributed by atoms with E-state index < -0.39 is 10.0 Å². The van der Waals surface area contributed by atoms with Crippen LogP contribution in [0.1, 0.15) is 6.42 Å². The monoisotopic (exact) mass is 304 g/mol. The Labute approximate surface area is 115 Å². The molecular weight excluding hydrogens is 292 g/mol. The van der Waals surface area contributed by atoms with E-state index in [-0.39, 0.29) is 21.7 Å². The van der Waals surface area contributed by atoms with Crippen molar-refractivity contribution in [3.63, 3.8) is 0 Å². The van der Waals surface area contributed by atoms with Gasteiger partial charge in [-0.3, -0.25) is 4.79 Å². The normalized spacial score (nSPS) is 19.4. The highest BCUT2D eigenvalue weighted by atomic mass is 35.5. The van der Waals surface area contributed by atoms with E-state index in [1.54, 1.807) is 0 Å². The van der Waals surface area contributed by atoms with E-state index >= 15 is 0 Å². The summed E-state index contributed by atoms with van der Waals surface area (Å²) in [6.07, 6.45) is 0.665. The van der Waals surface area contributed by atoms with Crippen molar-refractivity contribution in [1.82, 2.24) is 0 Å². The predicted octanol–water partition coefficient (Wildman–Crippen LogP) is 0.962. The number of hydrogen-bond acceptors (Lipinski definition) is 4. The standard InChI is InChI=1S/C11H13ClN2O4S/c12-9-5-8(19(13,16)17)1-2-10(9)14-11(15)7-3-4-18-6-7/h1-2,5,7H,3-4,6H2,(H,14,15)(H2,13,16,17). The van der Waals surface area contributed by atoms with Gasteiger partial charge in [-0.2, -0.15) is 0 Å². The molecule has 1 aliphatic heterocycles. The third kappa shape index (κ3) is 3.44. The molecule has 0 aromatic heterocycles. The van der Waals surface area contributed by atoms with Crippen molar-refractivity contribution in [1.29, 1.82) is 0 Å². The quantitative estimate of drug-likeness (QED) is 0.869. The molecule has 0 bridgehead atoms. The van der Waals surface area contributed by atoms with E-state index in [1.165, 1.54) is 18.2 Å². The minimum absolute atomic E-state index is 0.0975. The molecule has 8 heteroatoms. The number of benzene rings is 1. The molecule has 1 unspecified atom stereocenters. The summed E-state index contributed by atoms with van der Waals surface area (Å²) in [7, 11) is -3.80. The van der Waals surface area contributed by atoms with Crippen molar-refractivity contribution >= 4 is 33.2 Å². The lowest BCUT2D eigenvalue weighted by atomic mass is 10.1. The smallest absolute Gasteiger partial charge is 0.238 e. The predicted molar refractivity (Wildman–Crippen MR) is 70.4 cm³/mol. The lowest BCUT2D eigenvalue weighted by molar-refractivity contribution is -0.119.